The summed E-state index contributed by atoms with van der Waals surface area (Å²) in [5.41, 5.74) is 1.11. The number of nitro benzene ring substituents is 1. The largest absolute Gasteiger partial charge is 0.478 e. The van der Waals surface area contributed by atoms with Gasteiger partial charge in [-0.3, -0.25) is 10.1 Å². The van der Waals surface area contributed by atoms with Crippen LogP contribution in [-0.2, 0) is 6.42 Å². The van der Waals surface area contributed by atoms with E-state index < -0.39 is 10.9 Å². The van der Waals surface area contributed by atoms with Crippen LogP contribution in [0.15, 0.2) is 64.4 Å². The predicted molar refractivity (Wildman–Crippen MR) is 115 cm³/mol. The Balaban J connectivity index is 1.93. The van der Waals surface area contributed by atoms with Gasteiger partial charge in [-0.15, -0.1) is 0 Å². The van der Waals surface area contributed by atoms with Crippen LogP contribution in [0, 0.1) is 10.1 Å². The number of nitro groups is 1. The van der Waals surface area contributed by atoms with E-state index in [0.717, 1.165) is 0 Å². The molecule has 148 valence electrons. The smallest absolute Gasteiger partial charge is 0.336 e. The normalized spacial score (nSPS) is 10.7. The molecule has 0 bridgehead atoms. The predicted octanol–water partition coefficient (Wildman–Crippen LogP) is 7.00. The minimum Gasteiger partial charge on any atom is -0.478 e. The number of benzene rings is 3. The van der Waals surface area contributed by atoms with Crippen LogP contribution < -0.4 is 0 Å². The van der Waals surface area contributed by atoms with Crippen molar-refractivity contribution in [2.75, 3.05) is 0 Å². The Morgan fingerprint density at radius 1 is 1.00 bits per heavy atom. The van der Waals surface area contributed by atoms with Crippen molar-refractivity contribution in [3.05, 3.63) is 96.5 Å². The summed E-state index contributed by atoms with van der Waals surface area (Å²) < 4.78 is 0. The summed E-state index contributed by atoms with van der Waals surface area (Å²) in [5.74, 6) is -1.11. The zero-order chi connectivity index (χ0) is 21.1. The van der Waals surface area contributed by atoms with Crippen LogP contribution in [0.5, 0.6) is 0 Å². The third-order valence-electron chi connectivity index (χ3n) is 4.04. The number of carboxylic acids is 1. The average molecular weight is 469 g/mol. The molecule has 0 aliphatic carbocycles. The first kappa shape index (κ1) is 21.5. The van der Waals surface area contributed by atoms with Crippen molar-refractivity contribution in [1.82, 2.24) is 0 Å². The van der Waals surface area contributed by atoms with Gasteiger partial charge in [-0.25, -0.2) is 4.79 Å². The Hall–Kier alpha value is -2.25. The number of hydrogen-bond donors (Lipinski definition) is 1. The van der Waals surface area contributed by atoms with E-state index in [2.05, 4.69) is 0 Å². The summed E-state index contributed by atoms with van der Waals surface area (Å²) in [6.07, 6.45) is 0.220. The molecule has 0 aliphatic heterocycles. The molecule has 0 radical (unpaired) electrons. The Bertz CT molecular complexity index is 1120. The van der Waals surface area contributed by atoms with Gasteiger partial charge in [-0.2, -0.15) is 0 Å². The fraction of sp³-hybridized carbons (Fsp3) is 0.0500. The maximum absolute atomic E-state index is 11.6. The summed E-state index contributed by atoms with van der Waals surface area (Å²) in [5, 5.41) is 22.0. The molecule has 5 nitrogen and oxygen atoms in total. The number of nitrogens with zero attached hydrogens (tertiary/aromatic N) is 1. The van der Waals surface area contributed by atoms with Gasteiger partial charge in [0.1, 0.15) is 0 Å². The molecule has 0 heterocycles. The summed E-state index contributed by atoms with van der Waals surface area (Å²) in [7, 11) is 0. The van der Waals surface area contributed by atoms with E-state index in [9.17, 15) is 20.0 Å². The van der Waals surface area contributed by atoms with E-state index in [1.807, 2.05) is 0 Å². The van der Waals surface area contributed by atoms with Gasteiger partial charge >= 0.3 is 5.97 Å². The first-order chi connectivity index (χ1) is 13.7. The van der Waals surface area contributed by atoms with Gasteiger partial charge in [0.05, 0.1) is 25.4 Å². The SMILES string of the molecule is O=C(O)c1cc(Cl)ccc1Cc1ccc(Sc2ccc(Cl)c(Cl)c2)c([N+](=O)[O-])c1. The van der Waals surface area contributed by atoms with Crippen LogP contribution in [-0.4, -0.2) is 16.0 Å². The molecular weight excluding hydrogens is 457 g/mol. The van der Waals surface area contributed by atoms with Crippen LogP contribution in [0.1, 0.15) is 21.5 Å². The number of halogens is 3. The van der Waals surface area contributed by atoms with E-state index in [0.29, 0.717) is 36.0 Å². The van der Waals surface area contributed by atoms with Crippen molar-refractivity contribution < 1.29 is 14.8 Å². The topological polar surface area (TPSA) is 80.4 Å². The molecule has 0 atom stereocenters. The van der Waals surface area contributed by atoms with Gasteiger partial charge in [0, 0.05) is 16.0 Å². The van der Waals surface area contributed by atoms with Crippen LogP contribution in [0.4, 0.5) is 5.69 Å². The molecular formula is C20H12Cl3NO4S. The van der Waals surface area contributed by atoms with Crippen LogP contribution in [0.3, 0.4) is 0 Å². The van der Waals surface area contributed by atoms with Gasteiger partial charge in [0.2, 0.25) is 0 Å². The van der Waals surface area contributed by atoms with Crippen molar-refractivity contribution >= 4 is 58.2 Å². The maximum Gasteiger partial charge on any atom is 0.336 e. The van der Waals surface area contributed by atoms with Crippen molar-refractivity contribution in [2.45, 2.75) is 16.2 Å². The highest BCUT2D eigenvalue weighted by Crippen LogP contribution is 2.38. The average Bonchev–Trinajstić information content (AvgIpc) is 2.67. The highest BCUT2D eigenvalue weighted by molar-refractivity contribution is 7.99. The Morgan fingerprint density at radius 2 is 1.76 bits per heavy atom. The zero-order valence-electron chi connectivity index (χ0n) is 14.6. The summed E-state index contributed by atoms with van der Waals surface area (Å²) in [4.78, 5) is 23.7. The highest BCUT2D eigenvalue weighted by atomic mass is 35.5. The first-order valence-electron chi connectivity index (χ1n) is 8.16. The molecule has 0 amide bonds. The molecule has 0 spiro atoms. The van der Waals surface area contributed by atoms with Crippen LogP contribution >= 0.6 is 46.6 Å². The fourth-order valence-electron chi connectivity index (χ4n) is 2.69. The molecule has 3 rings (SSSR count). The molecule has 9 heteroatoms. The minimum absolute atomic E-state index is 0.0643. The third-order valence-corrected chi connectivity index (χ3v) is 6.06. The number of carboxylic acid groups (broad SMARTS) is 1. The van der Waals surface area contributed by atoms with Crippen molar-refractivity contribution in [2.24, 2.45) is 0 Å². The van der Waals surface area contributed by atoms with Crippen LogP contribution in [0.25, 0.3) is 0 Å². The number of rotatable bonds is 6. The number of carbonyl (C=O) groups is 1. The lowest BCUT2D eigenvalue weighted by atomic mass is 9.99. The molecule has 3 aromatic carbocycles. The molecule has 29 heavy (non-hydrogen) atoms. The van der Waals surface area contributed by atoms with Gasteiger partial charge < -0.3 is 5.11 Å². The molecule has 0 aromatic heterocycles. The summed E-state index contributed by atoms with van der Waals surface area (Å²) in [6, 6.07) is 14.4. The monoisotopic (exact) mass is 467 g/mol. The molecule has 1 N–H and O–H groups in total. The first-order valence-corrected chi connectivity index (χ1v) is 10.1. The van der Waals surface area contributed by atoms with Gasteiger partial charge in [0.25, 0.3) is 5.69 Å². The van der Waals surface area contributed by atoms with E-state index in [1.165, 1.54) is 23.9 Å². The second-order valence-corrected chi connectivity index (χ2v) is 8.39. The standard InChI is InChI=1S/C20H12Cl3NO4S/c21-13-3-2-12(15(9-13)20(25)26)7-11-1-6-19(18(8-11)24(27)28)29-14-4-5-16(22)17(23)10-14/h1-6,8-10H,7H2,(H,25,26). The Kier molecular flexibility index (Phi) is 6.70. The van der Waals surface area contributed by atoms with Crippen molar-refractivity contribution in [3.8, 4) is 0 Å². The quantitative estimate of drug-likeness (QED) is 0.311. The van der Waals surface area contributed by atoms with Crippen LogP contribution in [0.2, 0.25) is 15.1 Å². The summed E-state index contributed by atoms with van der Waals surface area (Å²) >= 11 is 19.0. The number of aromatic carboxylic acids is 1. The second kappa shape index (κ2) is 9.05. The van der Waals surface area contributed by atoms with E-state index in [1.54, 1.807) is 42.5 Å². The van der Waals surface area contributed by atoms with E-state index >= 15 is 0 Å². The van der Waals surface area contributed by atoms with Gasteiger partial charge in [0.15, 0.2) is 0 Å². The minimum atomic E-state index is -1.11. The molecule has 3 aromatic rings. The maximum atomic E-state index is 11.6. The van der Waals surface area contributed by atoms with Crippen molar-refractivity contribution in [3.63, 3.8) is 0 Å². The van der Waals surface area contributed by atoms with Gasteiger partial charge in [-0.05, 0) is 53.9 Å². The third kappa shape index (κ3) is 5.22. The second-order valence-electron chi connectivity index (χ2n) is 6.02. The van der Waals surface area contributed by atoms with Crippen molar-refractivity contribution in [1.29, 1.82) is 0 Å². The van der Waals surface area contributed by atoms with E-state index in [4.69, 9.17) is 34.8 Å². The lowest BCUT2D eigenvalue weighted by Gasteiger charge is -2.09. The molecule has 0 saturated carbocycles. The number of hydrogen-bond acceptors (Lipinski definition) is 4. The lowest BCUT2D eigenvalue weighted by Crippen LogP contribution is -2.03. The van der Waals surface area contributed by atoms with Gasteiger partial charge in [-0.1, -0.05) is 58.7 Å². The highest BCUT2D eigenvalue weighted by Gasteiger charge is 2.18. The zero-order valence-corrected chi connectivity index (χ0v) is 17.6. The summed E-state index contributed by atoms with van der Waals surface area (Å²) in [6.45, 7) is 0. The molecule has 0 fully saturated rings. The Labute approximate surface area is 185 Å². The molecule has 0 unspecified atom stereocenters. The lowest BCUT2D eigenvalue weighted by molar-refractivity contribution is -0.387. The molecule has 0 saturated heterocycles. The fourth-order valence-corrected chi connectivity index (χ4v) is 4.17. The Morgan fingerprint density at radius 3 is 2.41 bits per heavy atom. The van der Waals surface area contributed by atoms with E-state index in [-0.39, 0.29) is 17.7 Å². The molecule has 0 aliphatic rings.